The highest BCUT2D eigenvalue weighted by molar-refractivity contribution is 5.34. The van der Waals surface area contributed by atoms with E-state index < -0.39 is 0 Å². The van der Waals surface area contributed by atoms with E-state index in [1.165, 1.54) is 24.3 Å². The Balaban J connectivity index is 0.000000439. The third-order valence-corrected chi connectivity index (χ3v) is 3.40. The molecule has 0 aliphatic heterocycles. The molecule has 0 aliphatic rings. The van der Waals surface area contributed by atoms with Crippen LogP contribution in [0.15, 0.2) is 36.4 Å². The Morgan fingerprint density at radius 2 is 1.38 bits per heavy atom. The van der Waals surface area contributed by atoms with Crippen molar-refractivity contribution in [2.45, 2.75) is 46.3 Å². The molecule has 0 unspecified atom stereocenters. The van der Waals surface area contributed by atoms with Crippen molar-refractivity contribution in [2.24, 2.45) is 17.2 Å². The molecule has 2 aromatic carbocycles. The number of halogens is 2. The highest BCUT2D eigenvalue weighted by Crippen LogP contribution is 2.16. The Bertz CT molecular complexity index is 722. The van der Waals surface area contributed by atoms with Gasteiger partial charge in [-0.1, -0.05) is 26.0 Å². The SMILES string of the molecule is CC.C[C@H](N)c1cc(C#N)ccc1F.C[C@H](N)c1cc(CN)ccc1F. The fraction of sp³-hybridized carbons (Fsp3) is 0.350. The van der Waals surface area contributed by atoms with Gasteiger partial charge in [-0.3, -0.25) is 0 Å². The van der Waals surface area contributed by atoms with Gasteiger partial charge in [0.25, 0.3) is 0 Å². The molecule has 0 amide bonds. The lowest BCUT2D eigenvalue weighted by molar-refractivity contribution is 0.592. The average molecular weight is 362 g/mol. The van der Waals surface area contributed by atoms with Gasteiger partial charge in [0.1, 0.15) is 11.6 Å². The van der Waals surface area contributed by atoms with E-state index in [4.69, 9.17) is 22.5 Å². The van der Waals surface area contributed by atoms with E-state index in [0.29, 0.717) is 23.2 Å². The highest BCUT2D eigenvalue weighted by atomic mass is 19.1. The van der Waals surface area contributed by atoms with Crippen LogP contribution in [0.2, 0.25) is 0 Å². The maximum Gasteiger partial charge on any atom is 0.128 e. The molecule has 6 heteroatoms. The topological polar surface area (TPSA) is 102 Å². The number of nitrogens with two attached hydrogens (primary N) is 3. The second-order valence-electron chi connectivity index (χ2n) is 5.49. The number of hydrogen-bond acceptors (Lipinski definition) is 4. The van der Waals surface area contributed by atoms with Gasteiger partial charge in [0.15, 0.2) is 0 Å². The van der Waals surface area contributed by atoms with Crippen LogP contribution < -0.4 is 17.2 Å². The summed E-state index contributed by atoms with van der Waals surface area (Å²) in [5.41, 5.74) is 18.7. The van der Waals surface area contributed by atoms with Crippen LogP contribution in [-0.2, 0) is 6.54 Å². The van der Waals surface area contributed by atoms with Crippen LogP contribution >= 0.6 is 0 Å². The molecule has 0 heterocycles. The van der Waals surface area contributed by atoms with E-state index in [2.05, 4.69) is 0 Å². The third-order valence-electron chi connectivity index (χ3n) is 3.40. The van der Waals surface area contributed by atoms with Crippen LogP contribution in [0.5, 0.6) is 0 Å². The fourth-order valence-corrected chi connectivity index (χ4v) is 2.03. The van der Waals surface area contributed by atoms with E-state index in [-0.39, 0.29) is 23.7 Å². The van der Waals surface area contributed by atoms with E-state index in [0.717, 1.165) is 5.56 Å². The minimum absolute atomic E-state index is 0.262. The Hall–Kier alpha value is -2.33. The molecule has 0 radical (unpaired) electrons. The lowest BCUT2D eigenvalue weighted by Gasteiger charge is -2.08. The van der Waals surface area contributed by atoms with Gasteiger partial charge in [0.2, 0.25) is 0 Å². The first-order valence-electron chi connectivity index (χ1n) is 8.49. The minimum atomic E-state index is -0.377. The molecule has 0 saturated heterocycles. The largest absolute Gasteiger partial charge is 0.326 e. The number of hydrogen-bond donors (Lipinski definition) is 3. The van der Waals surface area contributed by atoms with Crippen molar-refractivity contribution in [3.63, 3.8) is 0 Å². The van der Waals surface area contributed by atoms with Gasteiger partial charge in [-0.2, -0.15) is 5.26 Å². The number of nitriles is 1. The number of benzene rings is 2. The molecule has 0 aliphatic carbocycles. The van der Waals surface area contributed by atoms with Crippen molar-refractivity contribution in [3.05, 3.63) is 70.3 Å². The van der Waals surface area contributed by atoms with Crippen molar-refractivity contribution in [1.29, 1.82) is 5.26 Å². The molecule has 142 valence electrons. The van der Waals surface area contributed by atoms with Gasteiger partial charge in [-0.25, -0.2) is 8.78 Å². The molecule has 2 atom stereocenters. The van der Waals surface area contributed by atoms with E-state index >= 15 is 0 Å². The minimum Gasteiger partial charge on any atom is -0.326 e. The predicted molar refractivity (Wildman–Crippen MR) is 102 cm³/mol. The molecule has 2 aromatic rings. The summed E-state index contributed by atoms with van der Waals surface area (Å²) in [6.07, 6.45) is 0. The first-order valence-corrected chi connectivity index (χ1v) is 8.49. The monoisotopic (exact) mass is 362 g/mol. The summed E-state index contributed by atoms with van der Waals surface area (Å²) in [7, 11) is 0. The predicted octanol–water partition coefficient (Wildman–Crippen LogP) is 4.05. The Labute approximate surface area is 154 Å². The quantitative estimate of drug-likeness (QED) is 0.766. The normalized spacial score (nSPS) is 11.8. The summed E-state index contributed by atoms with van der Waals surface area (Å²) in [5, 5.41) is 8.52. The lowest BCUT2D eigenvalue weighted by atomic mass is 10.1. The fourth-order valence-electron chi connectivity index (χ4n) is 2.03. The standard InChI is InChI=1S/C9H13FN2.C9H9FN2.C2H6/c2*1-6(12)8-4-7(5-11)2-3-9(8)10;1-2/h2-4,6H,5,11-12H2,1H3;2-4,6H,12H2,1H3;1-2H3/t2*6-;/m00./s1. The Kier molecular flexibility index (Phi) is 11.0. The summed E-state index contributed by atoms with van der Waals surface area (Å²) in [6.45, 7) is 7.85. The molecule has 0 saturated carbocycles. The van der Waals surface area contributed by atoms with Crippen molar-refractivity contribution in [3.8, 4) is 6.07 Å². The number of nitrogens with zero attached hydrogens (tertiary/aromatic N) is 1. The summed E-state index contributed by atoms with van der Waals surface area (Å²) >= 11 is 0. The third kappa shape index (κ3) is 7.28. The van der Waals surface area contributed by atoms with E-state index in [9.17, 15) is 8.78 Å². The van der Waals surface area contributed by atoms with E-state index in [1.54, 1.807) is 26.0 Å². The smallest absolute Gasteiger partial charge is 0.128 e. The molecule has 26 heavy (non-hydrogen) atoms. The maximum atomic E-state index is 13.0. The molecule has 0 aromatic heterocycles. The summed E-state index contributed by atoms with van der Waals surface area (Å²) in [5.74, 6) is -0.619. The van der Waals surface area contributed by atoms with Crippen LogP contribution in [0, 0.1) is 23.0 Å². The van der Waals surface area contributed by atoms with Crippen molar-refractivity contribution < 1.29 is 8.78 Å². The van der Waals surface area contributed by atoms with Gasteiger partial charge >= 0.3 is 0 Å². The first-order chi connectivity index (χ1) is 12.3. The molecule has 0 bridgehead atoms. The maximum absolute atomic E-state index is 13.0. The van der Waals surface area contributed by atoms with E-state index in [1.807, 2.05) is 19.9 Å². The molecule has 0 spiro atoms. The van der Waals surface area contributed by atoms with Crippen molar-refractivity contribution in [2.75, 3.05) is 0 Å². The molecular weight excluding hydrogens is 334 g/mol. The zero-order chi connectivity index (χ0) is 20.3. The molecule has 0 fully saturated rings. The highest BCUT2D eigenvalue weighted by Gasteiger charge is 2.07. The van der Waals surface area contributed by atoms with Gasteiger partial charge in [0, 0.05) is 29.8 Å². The van der Waals surface area contributed by atoms with Crippen LogP contribution in [0.1, 0.15) is 62.0 Å². The molecule has 4 nitrogen and oxygen atoms in total. The molecule has 2 rings (SSSR count). The van der Waals surface area contributed by atoms with Crippen LogP contribution in [0.4, 0.5) is 8.78 Å². The van der Waals surface area contributed by atoms with Gasteiger partial charge in [-0.05, 0) is 43.7 Å². The summed E-state index contributed by atoms with van der Waals surface area (Å²) < 4.78 is 26.0. The molecule has 6 N–H and O–H groups in total. The van der Waals surface area contributed by atoms with Crippen LogP contribution in [0.3, 0.4) is 0 Å². The van der Waals surface area contributed by atoms with Gasteiger partial charge in [-0.15, -0.1) is 0 Å². The second kappa shape index (κ2) is 12.1. The lowest BCUT2D eigenvalue weighted by Crippen LogP contribution is -2.09. The Morgan fingerprint density at radius 1 is 0.923 bits per heavy atom. The first kappa shape index (κ1) is 23.7. The van der Waals surface area contributed by atoms with Crippen LogP contribution in [0.25, 0.3) is 0 Å². The number of rotatable bonds is 3. The van der Waals surface area contributed by atoms with Gasteiger partial charge in [0.05, 0.1) is 11.6 Å². The average Bonchev–Trinajstić information content (AvgIpc) is 2.64. The zero-order valence-electron chi connectivity index (χ0n) is 15.8. The second-order valence-corrected chi connectivity index (χ2v) is 5.49. The van der Waals surface area contributed by atoms with Gasteiger partial charge < -0.3 is 17.2 Å². The summed E-state index contributed by atoms with van der Waals surface area (Å²) in [6, 6.07) is 10.2. The zero-order valence-corrected chi connectivity index (χ0v) is 15.8. The summed E-state index contributed by atoms with van der Waals surface area (Å²) in [4.78, 5) is 0. The van der Waals surface area contributed by atoms with Crippen LogP contribution in [-0.4, -0.2) is 0 Å². The van der Waals surface area contributed by atoms with Crippen molar-refractivity contribution >= 4 is 0 Å². The molecular formula is C20H28F2N4. The van der Waals surface area contributed by atoms with Crippen molar-refractivity contribution in [1.82, 2.24) is 0 Å². The Morgan fingerprint density at radius 3 is 1.81 bits per heavy atom.